The molecule has 0 spiro atoms. The Morgan fingerprint density at radius 2 is 2.26 bits per heavy atom. The first-order chi connectivity index (χ1) is 9.04. The van der Waals surface area contributed by atoms with E-state index in [9.17, 15) is 12.8 Å². The molecule has 0 radical (unpaired) electrons. The van der Waals surface area contributed by atoms with Gasteiger partial charge in [-0.25, -0.2) is 12.8 Å². The average molecular weight is 287 g/mol. The second-order valence-electron chi connectivity index (χ2n) is 4.79. The molecule has 0 amide bonds. The maximum absolute atomic E-state index is 13.1. The van der Waals surface area contributed by atoms with Gasteiger partial charge in [-0.15, -0.1) is 0 Å². The van der Waals surface area contributed by atoms with Crippen LogP contribution < -0.4 is 5.73 Å². The zero-order valence-electron chi connectivity index (χ0n) is 10.6. The quantitative estimate of drug-likeness (QED) is 0.895. The number of aromatic nitrogens is 1. The van der Waals surface area contributed by atoms with Gasteiger partial charge in [0.25, 0.3) is 0 Å². The van der Waals surface area contributed by atoms with Gasteiger partial charge in [0.05, 0.1) is 6.20 Å². The molecule has 7 heteroatoms. The summed E-state index contributed by atoms with van der Waals surface area (Å²) in [7, 11) is -3.65. The Kier molecular flexibility index (Phi) is 4.49. The first-order valence-electron chi connectivity index (χ1n) is 6.35. The lowest BCUT2D eigenvalue weighted by Crippen LogP contribution is -2.40. The molecule has 5 nitrogen and oxygen atoms in total. The lowest BCUT2D eigenvalue weighted by atomic mass is 9.96. The van der Waals surface area contributed by atoms with E-state index in [4.69, 9.17) is 5.73 Å². The van der Waals surface area contributed by atoms with Crippen molar-refractivity contribution in [1.82, 2.24) is 9.29 Å². The third-order valence-electron chi connectivity index (χ3n) is 3.37. The van der Waals surface area contributed by atoms with Gasteiger partial charge in [0.1, 0.15) is 10.7 Å². The fraction of sp³-hybridized carbons (Fsp3) is 0.583. The van der Waals surface area contributed by atoms with Gasteiger partial charge in [-0.05, 0) is 37.8 Å². The minimum Gasteiger partial charge on any atom is -0.330 e. The smallest absolute Gasteiger partial charge is 0.244 e. The van der Waals surface area contributed by atoms with Crippen molar-refractivity contribution in [1.29, 1.82) is 0 Å². The van der Waals surface area contributed by atoms with Crippen LogP contribution in [0.1, 0.15) is 19.3 Å². The van der Waals surface area contributed by atoms with E-state index >= 15 is 0 Å². The summed E-state index contributed by atoms with van der Waals surface area (Å²) < 4.78 is 39.3. The molecule has 1 saturated heterocycles. The molecule has 2 rings (SSSR count). The fourth-order valence-electron chi connectivity index (χ4n) is 2.40. The van der Waals surface area contributed by atoms with Gasteiger partial charge < -0.3 is 5.73 Å². The summed E-state index contributed by atoms with van der Waals surface area (Å²) in [6, 6.07) is 1.01. The summed E-state index contributed by atoms with van der Waals surface area (Å²) in [4.78, 5) is 3.52. The zero-order chi connectivity index (χ0) is 13.9. The molecule has 1 aliphatic rings. The molecule has 1 aromatic rings. The Morgan fingerprint density at radius 3 is 2.95 bits per heavy atom. The molecule has 0 aromatic carbocycles. The zero-order valence-corrected chi connectivity index (χ0v) is 11.4. The van der Waals surface area contributed by atoms with Crippen LogP contribution in [-0.4, -0.2) is 37.3 Å². The minimum atomic E-state index is -3.65. The molecule has 0 saturated carbocycles. The lowest BCUT2D eigenvalue weighted by molar-refractivity contribution is 0.258. The van der Waals surface area contributed by atoms with Crippen molar-refractivity contribution in [3.63, 3.8) is 0 Å². The summed E-state index contributed by atoms with van der Waals surface area (Å²) in [6.07, 6.45) is 4.79. The van der Waals surface area contributed by atoms with Gasteiger partial charge >= 0.3 is 0 Å². The Hall–Kier alpha value is -1.05. The SMILES string of the molecule is NCCC1CCCN(S(=O)(=O)c2cncc(F)c2)C1. The van der Waals surface area contributed by atoms with Crippen LogP contribution in [0.5, 0.6) is 0 Å². The number of hydrogen-bond acceptors (Lipinski definition) is 4. The number of hydrogen-bond donors (Lipinski definition) is 1. The van der Waals surface area contributed by atoms with Gasteiger partial charge in [0.2, 0.25) is 10.0 Å². The van der Waals surface area contributed by atoms with Gasteiger partial charge in [0.15, 0.2) is 0 Å². The van der Waals surface area contributed by atoms with E-state index in [2.05, 4.69) is 4.98 Å². The van der Waals surface area contributed by atoms with Crippen molar-refractivity contribution in [2.45, 2.75) is 24.2 Å². The van der Waals surface area contributed by atoms with Crippen LogP contribution in [0, 0.1) is 11.7 Å². The molecule has 1 unspecified atom stereocenters. The largest absolute Gasteiger partial charge is 0.330 e. The Balaban J connectivity index is 2.19. The molecule has 2 heterocycles. The molecule has 106 valence electrons. The normalized spacial score (nSPS) is 21.5. The number of piperidine rings is 1. The van der Waals surface area contributed by atoms with Gasteiger partial charge in [-0.1, -0.05) is 0 Å². The predicted molar refractivity (Wildman–Crippen MR) is 69.3 cm³/mol. The van der Waals surface area contributed by atoms with Gasteiger partial charge in [-0.2, -0.15) is 4.31 Å². The summed E-state index contributed by atoms with van der Waals surface area (Å²) in [5, 5.41) is 0. The highest BCUT2D eigenvalue weighted by atomic mass is 32.2. The number of nitrogens with zero attached hydrogens (tertiary/aromatic N) is 2. The number of sulfonamides is 1. The Morgan fingerprint density at radius 1 is 1.47 bits per heavy atom. The lowest BCUT2D eigenvalue weighted by Gasteiger charge is -2.31. The number of rotatable bonds is 4. The standard InChI is InChI=1S/C12H18FN3O2S/c13-11-6-12(8-15-7-11)19(17,18)16-5-1-2-10(9-16)3-4-14/h6-8,10H,1-5,9,14H2. The maximum Gasteiger partial charge on any atom is 0.244 e. The molecule has 2 N–H and O–H groups in total. The van der Waals surface area contributed by atoms with E-state index in [0.29, 0.717) is 19.6 Å². The van der Waals surface area contributed by atoms with Crippen LogP contribution >= 0.6 is 0 Å². The van der Waals surface area contributed by atoms with E-state index < -0.39 is 15.8 Å². The predicted octanol–water partition coefficient (Wildman–Crippen LogP) is 0.970. The fourth-order valence-corrected chi connectivity index (χ4v) is 3.93. The first kappa shape index (κ1) is 14.4. The summed E-state index contributed by atoms with van der Waals surface area (Å²) in [5.41, 5.74) is 5.52. The maximum atomic E-state index is 13.1. The monoisotopic (exact) mass is 287 g/mol. The number of nitrogens with two attached hydrogens (primary N) is 1. The third kappa shape index (κ3) is 3.29. The van der Waals surface area contributed by atoms with Crippen LogP contribution in [0.15, 0.2) is 23.4 Å². The highest BCUT2D eigenvalue weighted by Crippen LogP contribution is 2.25. The molecule has 0 aliphatic carbocycles. The Labute approximate surface area is 112 Å². The summed E-state index contributed by atoms with van der Waals surface area (Å²) in [6.45, 7) is 1.48. The van der Waals surface area contributed by atoms with Crippen molar-refractivity contribution in [3.05, 3.63) is 24.3 Å². The highest BCUT2D eigenvalue weighted by Gasteiger charge is 2.30. The molecule has 1 aromatic heterocycles. The van der Waals surface area contributed by atoms with E-state index in [0.717, 1.165) is 31.5 Å². The Bertz CT molecular complexity index is 534. The summed E-state index contributed by atoms with van der Waals surface area (Å²) >= 11 is 0. The third-order valence-corrected chi connectivity index (χ3v) is 5.20. The summed E-state index contributed by atoms with van der Waals surface area (Å²) in [5.74, 6) is -0.355. The van der Waals surface area contributed by atoms with Crippen LogP contribution in [0.2, 0.25) is 0 Å². The van der Waals surface area contributed by atoms with Crippen molar-refractivity contribution in [2.24, 2.45) is 11.7 Å². The van der Waals surface area contributed by atoms with Crippen molar-refractivity contribution in [3.8, 4) is 0 Å². The molecular weight excluding hydrogens is 269 g/mol. The molecule has 1 aliphatic heterocycles. The van der Waals surface area contributed by atoms with Crippen LogP contribution in [0.3, 0.4) is 0 Å². The second kappa shape index (κ2) is 5.94. The van der Waals surface area contributed by atoms with E-state index in [1.807, 2.05) is 0 Å². The van der Waals surface area contributed by atoms with Crippen LogP contribution in [0.4, 0.5) is 4.39 Å². The van der Waals surface area contributed by atoms with Crippen molar-refractivity contribution in [2.75, 3.05) is 19.6 Å². The first-order valence-corrected chi connectivity index (χ1v) is 7.79. The van der Waals surface area contributed by atoms with E-state index in [-0.39, 0.29) is 10.8 Å². The van der Waals surface area contributed by atoms with Gasteiger partial charge in [0, 0.05) is 19.3 Å². The highest BCUT2D eigenvalue weighted by molar-refractivity contribution is 7.89. The van der Waals surface area contributed by atoms with E-state index in [1.54, 1.807) is 0 Å². The number of halogens is 1. The number of pyridine rings is 1. The molecule has 1 fully saturated rings. The van der Waals surface area contributed by atoms with E-state index in [1.165, 1.54) is 10.5 Å². The molecular formula is C12H18FN3O2S. The van der Waals surface area contributed by atoms with Crippen LogP contribution in [0.25, 0.3) is 0 Å². The van der Waals surface area contributed by atoms with Crippen molar-refractivity contribution < 1.29 is 12.8 Å². The van der Waals surface area contributed by atoms with Crippen molar-refractivity contribution >= 4 is 10.0 Å². The average Bonchev–Trinajstić information content (AvgIpc) is 2.39. The molecule has 1 atom stereocenters. The van der Waals surface area contributed by atoms with Crippen LogP contribution in [-0.2, 0) is 10.0 Å². The molecule has 0 bridgehead atoms. The minimum absolute atomic E-state index is 0.0825. The molecule has 19 heavy (non-hydrogen) atoms. The topological polar surface area (TPSA) is 76.3 Å². The second-order valence-corrected chi connectivity index (χ2v) is 6.73. The van der Waals surface area contributed by atoms with Gasteiger partial charge in [-0.3, -0.25) is 4.98 Å².